The average Bonchev–Trinajstić information content (AvgIpc) is 3.12. The molecule has 9 heteroatoms. The van der Waals surface area contributed by atoms with Crippen LogP contribution in [0.1, 0.15) is 21.5 Å². The third-order valence-electron chi connectivity index (χ3n) is 4.82. The summed E-state index contributed by atoms with van der Waals surface area (Å²) in [6.07, 6.45) is -4.63. The van der Waals surface area contributed by atoms with E-state index in [0.717, 1.165) is 28.6 Å². The molecule has 0 atom stereocenters. The Hall–Kier alpha value is -2.48. The van der Waals surface area contributed by atoms with Crippen LogP contribution in [0.15, 0.2) is 60.7 Å². The SMILES string of the molecule is O=C(Nc1ccc2c(c1)B(c1ccc(Cl)c(Cl)c1)OC2)c1ccccc1C(F)(F)F. The Morgan fingerprint density at radius 2 is 1.77 bits per heavy atom. The molecule has 0 aromatic heterocycles. The number of anilines is 1. The third-order valence-corrected chi connectivity index (χ3v) is 5.55. The van der Waals surface area contributed by atoms with Gasteiger partial charge in [-0.2, -0.15) is 13.2 Å². The van der Waals surface area contributed by atoms with Gasteiger partial charge in [0.05, 0.1) is 27.8 Å². The van der Waals surface area contributed by atoms with Crippen molar-refractivity contribution >= 4 is 52.6 Å². The van der Waals surface area contributed by atoms with Gasteiger partial charge in [0.25, 0.3) is 5.91 Å². The van der Waals surface area contributed by atoms with Crippen LogP contribution in [-0.2, 0) is 17.4 Å². The van der Waals surface area contributed by atoms with E-state index in [4.69, 9.17) is 27.9 Å². The third kappa shape index (κ3) is 4.06. The average molecular weight is 450 g/mol. The minimum atomic E-state index is -4.63. The Morgan fingerprint density at radius 3 is 2.50 bits per heavy atom. The zero-order valence-electron chi connectivity index (χ0n) is 15.3. The fourth-order valence-electron chi connectivity index (χ4n) is 3.39. The van der Waals surface area contributed by atoms with Gasteiger partial charge in [0.1, 0.15) is 0 Å². The molecule has 30 heavy (non-hydrogen) atoms. The number of hydrogen-bond donors (Lipinski definition) is 1. The maximum Gasteiger partial charge on any atom is 0.417 e. The quantitative estimate of drug-likeness (QED) is 0.577. The van der Waals surface area contributed by atoms with E-state index in [1.807, 2.05) is 0 Å². The minimum absolute atomic E-state index is 0.366. The first-order valence-electron chi connectivity index (χ1n) is 8.91. The molecule has 1 heterocycles. The molecule has 0 saturated heterocycles. The van der Waals surface area contributed by atoms with Gasteiger partial charge >= 0.3 is 13.1 Å². The van der Waals surface area contributed by atoms with Crippen molar-refractivity contribution in [3.05, 3.63) is 87.4 Å². The molecule has 0 fully saturated rings. The monoisotopic (exact) mass is 449 g/mol. The molecule has 3 nitrogen and oxygen atoms in total. The summed E-state index contributed by atoms with van der Waals surface area (Å²) in [6, 6.07) is 14.9. The second-order valence-corrected chi connectivity index (χ2v) is 7.59. The van der Waals surface area contributed by atoms with Gasteiger partial charge in [-0.05, 0) is 52.9 Å². The molecule has 1 amide bonds. The van der Waals surface area contributed by atoms with Crippen LogP contribution in [0, 0.1) is 0 Å². The number of halogens is 5. The molecule has 4 rings (SSSR count). The van der Waals surface area contributed by atoms with Gasteiger partial charge in [-0.25, -0.2) is 0 Å². The fourth-order valence-corrected chi connectivity index (χ4v) is 3.70. The normalized spacial score (nSPS) is 13.3. The van der Waals surface area contributed by atoms with Crippen molar-refractivity contribution < 1.29 is 22.6 Å². The molecule has 0 unspecified atom stereocenters. The Labute approximate surface area is 180 Å². The van der Waals surface area contributed by atoms with Crippen molar-refractivity contribution in [2.24, 2.45) is 0 Å². The minimum Gasteiger partial charge on any atom is -0.423 e. The topological polar surface area (TPSA) is 38.3 Å². The van der Waals surface area contributed by atoms with E-state index in [1.165, 1.54) is 12.1 Å². The van der Waals surface area contributed by atoms with Crippen molar-refractivity contribution in [2.45, 2.75) is 12.8 Å². The number of rotatable bonds is 3. The first-order valence-corrected chi connectivity index (χ1v) is 9.66. The van der Waals surface area contributed by atoms with Crippen molar-refractivity contribution in [2.75, 3.05) is 5.32 Å². The number of alkyl halides is 3. The molecule has 3 aromatic carbocycles. The fraction of sp³-hybridized carbons (Fsp3) is 0.0952. The van der Waals surface area contributed by atoms with Gasteiger partial charge in [0.15, 0.2) is 0 Å². The lowest BCUT2D eigenvalue weighted by Gasteiger charge is -2.14. The van der Waals surface area contributed by atoms with Gasteiger partial charge in [0, 0.05) is 5.69 Å². The zero-order chi connectivity index (χ0) is 21.5. The molecule has 0 spiro atoms. The van der Waals surface area contributed by atoms with Gasteiger partial charge in [-0.1, -0.05) is 47.5 Å². The predicted octanol–water partition coefficient (Wildman–Crippen LogP) is 4.90. The summed E-state index contributed by atoms with van der Waals surface area (Å²) in [7, 11) is 0. The lowest BCUT2D eigenvalue weighted by Crippen LogP contribution is -2.41. The maximum atomic E-state index is 13.2. The Balaban J connectivity index is 1.63. The summed E-state index contributed by atoms with van der Waals surface area (Å²) in [5, 5.41) is 3.36. The van der Waals surface area contributed by atoms with E-state index < -0.39 is 30.1 Å². The van der Waals surface area contributed by atoms with Crippen LogP contribution in [0.4, 0.5) is 18.9 Å². The van der Waals surface area contributed by atoms with Gasteiger partial charge in [-0.3, -0.25) is 4.79 Å². The van der Waals surface area contributed by atoms with Crippen molar-refractivity contribution in [3.8, 4) is 0 Å². The number of hydrogen-bond acceptors (Lipinski definition) is 2. The zero-order valence-corrected chi connectivity index (χ0v) is 16.8. The van der Waals surface area contributed by atoms with Gasteiger partial charge in [0.2, 0.25) is 0 Å². The molecular weight excluding hydrogens is 437 g/mol. The van der Waals surface area contributed by atoms with Crippen LogP contribution in [0.5, 0.6) is 0 Å². The predicted molar refractivity (Wildman–Crippen MR) is 112 cm³/mol. The highest BCUT2D eigenvalue weighted by Crippen LogP contribution is 2.32. The van der Waals surface area contributed by atoms with E-state index in [0.29, 0.717) is 22.3 Å². The smallest absolute Gasteiger partial charge is 0.417 e. The number of benzene rings is 3. The molecule has 0 bridgehead atoms. The summed E-state index contributed by atoms with van der Waals surface area (Å²) < 4.78 is 45.5. The van der Waals surface area contributed by atoms with E-state index in [-0.39, 0.29) is 0 Å². The number of fused-ring (bicyclic) bond motifs is 1. The number of carbonyl (C=O) groups excluding carboxylic acids is 1. The van der Waals surface area contributed by atoms with E-state index in [9.17, 15) is 18.0 Å². The van der Waals surface area contributed by atoms with Crippen LogP contribution in [0.3, 0.4) is 0 Å². The molecule has 0 saturated carbocycles. The largest absolute Gasteiger partial charge is 0.423 e. The summed E-state index contributed by atoms with van der Waals surface area (Å²) >= 11 is 12.1. The van der Waals surface area contributed by atoms with Crippen LogP contribution >= 0.6 is 23.2 Å². The standard InChI is InChI=1S/C21H13BCl2F3NO2/c23-18-8-6-13(9-19(18)24)22-17-10-14(7-5-12(17)11-30-22)28-20(29)15-3-1-2-4-16(15)21(25,26)27/h1-10H,11H2,(H,28,29). The summed E-state index contributed by atoms with van der Waals surface area (Å²) in [4.78, 5) is 12.5. The highest BCUT2D eigenvalue weighted by atomic mass is 35.5. The molecule has 152 valence electrons. The summed E-state index contributed by atoms with van der Waals surface area (Å²) in [6.45, 7) is -0.0557. The van der Waals surface area contributed by atoms with Crippen LogP contribution < -0.4 is 16.2 Å². The molecule has 0 aliphatic carbocycles. The van der Waals surface area contributed by atoms with Crippen LogP contribution in [0.2, 0.25) is 10.0 Å². The van der Waals surface area contributed by atoms with Crippen molar-refractivity contribution in [1.82, 2.24) is 0 Å². The van der Waals surface area contributed by atoms with E-state index in [1.54, 1.807) is 36.4 Å². The second kappa shape index (κ2) is 7.98. The number of carbonyl (C=O) groups is 1. The Kier molecular flexibility index (Phi) is 5.53. The number of amides is 1. The Morgan fingerprint density at radius 1 is 1.00 bits per heavy atom. The van der Waals surface area contributed by atoms with E-state index in [2.05, 4.69) is 5.32 Å². The molecule has 1 aliphatic heterocycles. The first kappa shape index (κ1) is 20.8. The highest BCUT2D eigenvalue weighted by Gasteiger charge is 2.35. The Bertz CT molecular complexity index is 1140. The first-order chi connectivity index (χ1) is 14.2. The molecular formula is C21H13BCl2F3NO2. The maximum absolute atomic E-state index is 13.2. The van der Waals surface area contributed by atoms with Gasteiger partial charge in [-0.15, -0.1) is 0 Å². The van der Waals surface area contributed by atoms with Crippen molar-refractivity contribution in [1.29, 1.82) is 0 Å². The van der Waals surface area contributed by atoms with Gasteiger partial charge < -0.3 is 9.97 Å². The molecule has 1 aliphatic rings. The second-order valence-electron chi connectivity index (χ2n) is 6.78. The number of nitrogens with one attached hydrogen (secondary N) is 1. The van der Waals surface area contributed by atoms with Crippen LogP contribution in [-0.4, -0.2) is 12.8 Å². The van der Waals surface area contributed by atoms with E-state index >= 15 is 0 Å². The lowest BCUT2D eigenvalue weighted by atomic mass is 9.56. The molecule has 0 radical (unpaired) electrons. The molecule has 1 N–H and O–H groups in total. The summed E-state index contributed by atoms with van der Waals surface area (Å²) in [5.41, 5.74) is 1.44. The van der Waals surface area contributed by atoms with Crippen molar-refractivity contribution in [3.63, 3.8) is 0 Å². The highest BCUT2D eigenvalue weighted by molar-refractivity contribution is 6.81. The lowest BCUT2D eigenvalue weighted by molar-refractivity contribution is -0.137. The summed E-state index contributed by atoms with van der Waals surface area (Å²) in [5.74, 6) is -0.840. The molecule has 3 aromatic rings. The van der Waals surface area contributed by atoms with Crippen LogP contribution in [0.25, 0.3) is 0 Å².